The Labute approximate surface area is 131 Å². The lowest BCUT2D eigenvalue weighted by molar-refractivity contribution is 0.0529. The third-order valence-corrected chi connectivity index (χ3v) is 2.76. The average Bonchev–Trinajstić information content (AvgIpc) is 2.36. The fourth-order valence-electron chi connectivity index (χ4n) is 1.58. The van der Waals surface area contributed by atoms with Crippen molar-refractivity contribution in [2.24, 2.45) is 0 Å². The van der Waals surface area contributed by atoms with E-state index in [0.717, 1.165) is 5.56 Å². The first-order valence-corrected chi connectivity index (χ1v) is 7.16. The molecule has 1 aromatic rings. The highest BCUT2D eigenvalue weighted by Gasteiger charge is 2.15. The zero-order valence-corrected chi connectivity index (χ0v) is 13.7. The van der Waals surface area contributed by atoms with Crippen molar-refractivity contribution < 1.29 is 14.3 Å². The number of benzene rings is 1. The number of carbonyl (C=O) groups is 1. The third kappa shape index (κ3) is 7.04. The number of methoxy groups -OCH3 is 1. The largest absolute Gasteiger partial charge is 0.495 e. The van der Waals surface area contributed by atoms with Gasteiger partial charge in [-0.25, -0.2) is 4.79 Å². The molecule has 0 aliphatic carbocycles. The molecule has 0 saturated carbocycles. The molecule has 0 atom stereocenters. The van der Waals surface area contributed by atoms with E-state index >= 15 is 0 Å². The Morgan fingerprint density at radius 3 is 2.67 bits per heavy atom. The summed E-state index contributed by atoms with van der Waals surface area (Å²) in [4.78, 5) is 11.4. The molecule has 0 radical (unpaired) electrons. The number of halogens is 1. The summed E-state index contributed by atoms with van der Waals surface area (Å²) in [5, 5.41) is 3.27. The van der Waals surface area contributed by atoms with Crippen molar-refractivity contribution >= 4 is 23.8 Å². The van der Waals surface area contributed by atoms with Gasteiger partial charge in [0.05, 0.1) is 12.1 Å². The van der Waals surface area contributed by atoms with Crippen LogP contribution in [0.2, 0.25) is 5.02 Å². The van der Waals surface area contributed by atoms with Crippen molar-refractivity contribution in [3.05, 3.63) is 34.9 Å². The molecule has 5 heteroatoms. The monoisotopic (exact) mass is 311 g/mol. The molecular weight excluding hydrogens is 290 g/mol. The summed E-state index contributed by atoms with van der Waals surface area (Å²) in [5.74, 6) is 0.653. The molecule has 0 aliphatic heterocycles. The van der Waals surface area contributed by atoms with Gasteiger partial charge in [0.1, 0.15) is 11.4 Å². The minimum atomic E-state index is -0.472. The van der Waals surface area contributed by atoms with E-state index in [0.29, 0.717) is 23.7 Å². The van der Waals surface area contributed by atoms with Gasteiger partial charge in [0.2, 0.25) is 0 Å². The van der Waals surface area contributed by atoms with Crippen LogP contribution < -0.4 is 10.1 Å². The highest BCUT2D eigenvalue weighted by Crippen LogP contribution is 2.25. The SMILES string of the molecule is COc1ccc(C=CCCNC(=O)OC(C)(C)C)cc1Cl. The summed E-state index contributed by atoms with van der Waals surface area (Å²) >= 11 is 6.04. The van der Waals surface area contributed by atoms with Crippen molar-refractivity contribution in [3.8, 4) is 5.75 Å². The predicted octanol–water partition coefficient (Wildman–Crippen LogP) is 4.28. The molecule has 0 heterocycles. The van der Waals surface area contributed by atoms with Gasteiger partial charge < -0.3 is 14.8 Å². The second-order valence-electron chi connectivity index (χ2n) is 5.51. The fourth-order valence-corrected chi connectivity index (χ4v) is 1.84. The zero-order valence-electron chi connectivity index (χ0n) is 12.9. The van der Waals surface area contributed by atoms with Crippen LogP contribution in [0.3, 0.4) is 0 Å². The summed E-state index contributed by atoms with van der Waals surface area (Å²) in [6, 6.07) is 5.57. The normalized spacial score (nSPS) is 11.5. The zero-order chi connectivity index (χ0) is 15.9. The Kier molecular flexibility index (Phi) is 6.56. The molecule has 0 unspecified atom stereocenters. The van der Waals surface area contributed by atoms with Gasteiger partial charge in [0, 0.05) is 6.54 Å². The lowest BCUT2D eigenvalue weighted by Gasteiger charge is -2.19. The molecule has 0 aliphatic rings. The first-order chi connectivity index (χ1) is 9.81. The van der Waals surface area contributed by atoms with Crippen LogP contribution in [-0.2, 0) is 4.74 Å². The summed E-state index contributed by atoms with van der Waals surface area (Å²) in [6.07, 6.45) is 4.23. The summed E-state index contributed by atoms with van der Waals surface area (Å²) in [6.45, 7) is 6.02. The number of nitrogens with one attached hydrogen (secondary N) is 1. The van der Waals surface area contributed by atoms with E-state index in [4.69, 9.17) is 21.1 Å². The number of amides is 1. The van der Waals surface area contributed by atoms with Gasteiger partial charge in [-0.2, -0.15) is 0 Å². The van der Waals surface area contributed by atoms with Crippen LogP contribution in [0.15, 0.2) is 24.3 Å². The number of alkyl carbamates (subject to hydrolysis) is 1. The first kappa shape index (κ1) is 17.4. The Morgan fingerprint density at radius 2 is 2.10 bits per heavy atom. The molecule has 1 N–H and O–H groups in total. The van der Waals surface area contributed by atoms with Gasteiger partial charge in [-0.05, 0) is 44.9 Å². The molecule has 0 spiro atoms. The highest BCUT2D eigenvalue weighted by molar-refractivity contribution is 6.32. The van der Waals surface area contributed by atoms with Crippen molar-refractivity contribution in [1.82, 2.24) is 5.32 Å². The number of ether oxygens (including phenoxy) is 2. The second kappa shape index (κ2) is 7.93. The van der Waals surface area contributed by atoms with Gasteiger partial charge in [0.15, 0.2) is 0 Å². The average molecular weight is 312 g/mol. The van der Waals surface area contributed by atoms with Crippen LogP contribution in [0.5, 0.6) is 5.75 Å². The van der Waals surface area contributed by atoms with Crippen molar-refractivity contribution in [2.45, 2.75) is 32.8 Å². The molecule has 0 bridgehead atoms. The summed E-state index contributed by atoms with van der Waals surface area (Å²) in [5.41, 5.74) is 0.512. The number of hydrogen-bond donors (Lipinski definition) is 1. The molecule has 4 nitrogen and oxygen atoms in total. The maximum Gasteiger partial charge on any atom is 0.407 e. The molecule has 0 fully saturated rings. The molecule has 1 aromatic carbocycles. The first-order valence-electron chi connectivity index (χ1n) is 6.79. The molecule has 0 aromatic heterocycles. The lowest BCUT2D eigenvalue weighted by Crippen LogP contribution is -2.32. The van der Waals surface area contributed by atoms with Crippen LogP contribution in [0.4, 0.5) is 4.79 Å². The van der Waals surface area contributed by atoms with Crippen LogP contribution in [-0.4, -0.2) is 25.3 Å². The van der Waals surface area contributed by atoms with E-state index in [1.807, 2.05) is 51.1 Å². The summed E-state index contributed by atoms with van der Waals surface area (Å²) in [7, 11) is 1.58. The molecule has 0 saturated heterocycles. The third-order valence-electron chi connectivity index (χ3n) is 2.47. The lowest BCUT2D eigenvalue weighted by atomic mass is 10.2. The van der Waals surface area contributed by atoms with Gasteiger partial charge in [-0.3, -0.25) is 0 Å². The number of hydrogen-bond acceptors (Lipinski definition) is 3. The molecule has 1 rings (SSSR count). The highest BCUT2D eigenvalue weighted by atomic mass is 35.5. The minimum Gasteiger partial charge on any atom is -0.495 e. The molecule has 116 valence electrons. The van der Waals surface area contributed by atoms with Crippen LogP contribution >= 0.6 is 11.6 Å². The quantitative estimate of drug-likeness (QED) is 0.826. The minimum absolute atomic E-state index is 0.400. The smallest absolute Gasteiger partial charge is 0.407 e. The Bertz CT molecular complexity index is 507. The van der Waals surface area contributed by atoms with E-state index in [1.165, 1.54) is 0 Å². The standard InChI is InChI=1S/C16H22ClNO3/c1-16(2,3)21-15(19)18-10-6-5-7-12-8-9-14(20-4)13(17)11-12/h5,7-9,11H,6,10H2,1-4H3,(H,18,19). The Hall–Kier alpha value is -1.68. The van der Waals surface area contributed by atoms with Crippen molar-refractivity contribution in [2.75, 3.05) is 13.7 Å². The Morgan fingerprint density at radius 1 is 1.38 bits per heavy atom. The van der Waals surface area contributed by atoms with E-state index < -0.39 is 11.7 Å². The number of carbonyl (C=O) groups excluding carboxylic acids is 1. The van der Waals surface area contributed by atoms with E-state index in [9.17, 15) is 4.79 Å². The fraction of sp³-hybridized carbons (Fsp3) is 0.438. The molecule has 21 heavy (non-hydrogen) atoms. The van der Waals surface area contributed by atoms with Crippen LogP contribution in [0.25, 0.3) is 6.08 Å². The Balaban J connectivity index is 2.35. The maximum absolute atomic E-state index is 11.4. The van der Waals surface area contributed by atoms with Crippen molar-refractivity contribution in [1.29, 1.82) is 0 Å². The van der Waals surface area contributed by atoms with Crippen molar-refractivity contribution in [3.63, 3.8) is 0 Å². The maximum atomic E-state index is 11.4. The second-order valence-corrected chi connectivity index (χ2v) is 5.92. The topological polar surface area (TPSA) is 47.6 Å². The van der Waals surface area contributed by atoms with Gasteiger partial charge in [-0.1, -0.05) is 29.8 Å². The van der Waals surface area contributed by atoms with Crippen LogP contribution in [0.1, 0.15) is 32.8 Å². The molecule has 1 amide bonds. The van der Waals surface area contributed by atoms with Gasteiger partial charge in [-0.15, -0.1) is 0 Å². The summed E-state index contributed by atoms with van der Waals surface area (Å²) < 4.78 is 10.2. The van der Waals surface area contributed by atoms with E-state index in [-0.39, 0.29) is 0 Å². The van der Waals surface area contributed by atoms with E-state index in [2.05, 4.69) is 5.32 Å². The van der Waals surface area contributed by atoms with Gasteiger partial charge in [0.25, 0.3) is 0 Å². The van der Waals surface area contributed by atoms with Crippen LogP contribution in [0, 0.1) is 0 Å². The number of rotatable bonds is 5. The predicted molar refractivity (Wildman–Crippen MR) is 85.9 cm³/mol. The molecular formula is C16H22ClNO3. The van der Waals surface area contributed by atoms with E-state index in [1.54, 1.807) is 7.11 Å². The van der Waals surface area contributed by atoms with Gasteiger partial charge >= 0.3 is 6.09 Å².